The van der Waals surface area contributed by atoms with Crippen LogP contribution < -0.4 is 28.4 Å². The van der Waals surface area contributed by atoms with Gasteiger partial charge in [0, 0.05) is 23.9 Å². The Bertz CT molecular complexity index is 2220. The minimum absolute atomic E-state index is 0.170. The SMILES string of the molecule is C=CC(=O)OCCCCCCCCOc1ccc(OC(=O)C2CCC(C(=O)Oc3ccc(OC(=O)C4CCC(C(=O)Oc5ccc(OCCCCCCCCOC(=O)C=C)cc5)CC4)c(C=N)c3)CC2)cc1. The third-order valence-corrected chi connectivity index (χ3v) is 12.9. The molecule has 0 spiro atoms. The number of ether oxygens (including phenoxy) is 8. The van der Waals surface area contributed by atoms with E-state index in [1.54, 1.807) is 48.5 Å². The number of carbonyl (C=O) groups is 6. The molecule has 388 valence electrons. The molecule has 0 unspecified atom stereocenters. The Balaban J connectivity index is 0.924. The number of rotatable bonds is 31. The summed E-state index contributed by atoms with van der Waals surface area (Å²) in [6, 6.07) is 18.4. The summed E-state index contributed by atoms with van der Waals surface area (Å²) >= 11 is 0. The molecule has 72 heavy (non-hydrogen) atoms. The molecule has 0 radical (unpaired) electrons. The molecule has 3 aromatic carbocycles. The van der Waals surface area contributed by atoms with Crippen LogP contribution in [0.3, 0.4) is 0 Å². The highest BCUT2D eigenvalue weighted by Crippen LogP contribution is 2.35. The van der Waals surface area contributed by atoms with E-state index in [1.807, 2.05) is 0 Å². The van der Waals surface area contributed by atoms with Crippen molar-refractivity contribution in [2.45, 2.75) is 128 Å². The van der Waals surface area contributed by atoms with Crippen LogP contribution in [-0.4, -0.2) is 68.5 Å². The number of esters is 6. The van der Waals surface area contributed by atoms with Gasteiger partial charge in [-0.3, -0.25) is 19.2 Å². The van der Waals surface area contributed by atoms with E-state index in [1.165, 1.54) is 30.4 Å². The molecule has 0 saturated heterocycles. The quantitative estimate of drug-likeness (QED) is 0.0210. The summed E-state index contributed by atoms with van der Waals surface area (Å²) < 4.78 is 44.4. The summed E-state index contributed by atoms with van der Waals surface area (Å²) in [7, 11) is 0. The minimum atomic E-state index is -0.455. The highest BCUT2D eigenvalue weighted by molar-refractivity contribution is 5.86. The second-order valence-electron chi connectivity index (χ2n) is 18.3. The van der Waals surface area contributed by atoms with Gasteiger partial charge in [-0.2, -0.15) is 0 Å². The molecule has 2 aliphatic carbocycles. The average molecular weight is 994 g/mol. The first-order valence-electron chi connectivity index (χ1n) is 25.6. The minimum Gasteiger partial charge on any atom is -0.494 e. The zero-order valence-corrected chi connectivity index (χ0v) is 41.5. The number of nitrogens with one attached hydrogen (secondary N) is 1. The number of carbonyl (C=O) groups excluding carboxylic acids is 6. The Hall–Kier alpha value is -6.77. The third kappa shape index (κ3) is 20.2. The van der Waals surface area contributed by atoms with Crippen LogP contribution in [0, 0.1) is 29.1 Å². The Morgan fingerprint density at radius 1 is 0.417 bits per heavy atom. The van der Waals surface area contributed by atoms with Gasteiger partial charge in [0.15, 0.2) is 0 Å². The van der Waals surface area contributed by atoms with Crippen LogP contribution in [0.2, 0.25) is 0 Å². The predicted octanol–water partition coefficient (Wildman–Crippen LogP) is 11.2. The van der Waals surface area contributed by atoms with Crippen LogP contribution >= 0.6 is 0 Å². The second-order valence-corrected chi connectivity index (χ2v) is 18.3. The molecule has 15 nitrogen and oxygen atoms in total. The second kappa shape index (κ2) is 31.5. The molecule has 0 heterocycles. The first kappa shape index (κ1) is 56.1. The molecule has 2 saturated carbocycles. The van der Waals surface area contributed by atoms with Crippen molar-refractivity contribution in [1.29, 1.82) is 5.41 Å². The van der Waals surface area contributed by atoms with E-state index in [2.05, 4.69) is 13.2 Å². The standard InChI is InChI=1S/C57H71NO14/c1-3-52(59)67-37-15-11-7-5-9-13-35-65-46-25-29-48(30-26-46)69-54(61)41-17-19-43(20-18-41)56(63)71-50-33-34-51(45(39-50)40-58)72-57(64)44-23-21-42(22-24-44)55(62)70-49-31-27-47(28-32-49)66-36-14-10-6-8-12-16-38-68-53(60)4-2/h3-4,25-34,39-44,58H,1-2,5-24,35-38H2. The maximum absolute atomic E-state index is 13.2. The lowest BCUT2D eigenvalue weighted by Gasteiger charge is -2.26. The van der Waals surface area contributed by atoms with Crippen LogP contribution in [-0.2, 0) is 38.2 Å². The zero-order chi connectivity index (χ0) is 51.3. The predicted molar refractivity (Wildman–Crippen MR) is 269 cm³/mol. The summed E-state index contributed by atoms with van der Waals surface area (Å²) in [5, 5.41) is 7.96. The van der Waals surface area contributed by atoms with Gasteiger partial charge in [0.1, 0.15) is 34.5 Å². The van der Waals surface area contributed by atoms with Crippen molar-refractivity contribution in [1.82, 2.24) is 0 Å². The smallest absolute Gasteiger partial charge is 0.330 e. The fraction of sp³-hybridized carbons (Fsp3) is 0.491. The molecule has 0 atom stereocenters. The fourth-order valence-electron chi connectivity index (χ4n) is 8.59. The highest BCUT2D eigenvalue weighted by Gasteiger charge is 2.34. The molecule has 1 N–H and O–H groups in total. The van der Waals surface area contributed by atoms with Crippen molar-refractivity contribution in [3.63, 3.8) is 0 Å². The van der Waals surface area contributed by atoms with Gasteiger partial charge in [0.25, 0.3) is 0 Å². The van der Waals surface area contributed by atoms with Crippen LogP contribution in [0.25, 0.3) is 0 Å². The molecule has 15 heteroatoms. The van der Waals surface area contributed by atoms with Gasteiger partial charge in [-0.05, 0) is 144 Å². The number of hydrogen-bond acceptors (Lipinski definition) is 15. The lowest BCUT2D eigenvalue weighted by molar-refractivity contribution is -0.145. The van der Waals surface area contributed by atoms with E-state index in [0.717, 1.165) is 83.3 Å². The van der Waals surface area contributed by atoms with Crippen molar-refractivity contribution >= 4 is 42.0 Å². The lowest BCUT2D eigenvalue weighted by atomic mass is 9.82. The molecular weight excluding hydrogens is 923 g/mol. The Morgan fingerprint density at radius 2 is 0.722 bits per heavy atom. The number of unbranched alkanes of at least 4 members (excludes halogenated alkanes) is 10. The van der Waals surface area contributed by atoms with Crippen LogP contribution in [0.4, 0.5) is 0 Å². The summed E-state index contributed by atoms with van der Waals surface area (Å²) in [5.41, 5.74) is 0.271. The number of benzene rings is 3. The van der Waals surface area contributed by atoms with E-state index >= 15 is 0 Å². The maximum Gasteiger partial charge on any atom is 0.330 e. The Labute approximate surface area is 423 Å². The van der Waals surface area contributed by atoms with E-state index < -0.39 is 23.8 Å². The first-order chi connectivity index (χ1) is 35.0. The van der Waals surface area contributed by atoms with Crippen LogP contribution in [0.1, 0.15) is 134 Å². The van der Waals surface area contributed by atoms with Gasteiger partial charge in [-0.25, -0.2) is 9.59 Å². The largest absolute Gasteiger partial charge is 0.494 e. The van der Waals surface area contributed by atoms with Crippen LogP contribution in [0.5, 0.6) is 34.5 Å². The van der Waals surface area contributed by atoms with Crippen LogP contribution in [0.15, 0.2) is 92.0 Å². The molecule has 0 amide bonds. The lowest BCUT2D eigenvalue weighted by Crippen LogP contribution is -2.30. The monoisotopic (exact) mass is 993 g/mol. The Kier molecular flexibility index (Phi) is 24.6. The molecule has 0 aliphatic heterocycles. The molecule has 0 aromatic heterocycles. The van der Waals surface area contributed by atoms with Gasteiger partial charge in [0.05, 0.1) is 50.1 Å². The van der Waals surface area contributed by atoms with Gasteiger partial charge in [-0.1, -0.05) is 64.5 Å². The van der Waals surface area contributed by atoms with Gasteiger partial charge in [-0.15, -0.1) is 0 Å². The maximum atomic E-state index is 13.2. The molecule has 3 aromatic rings. The van der Waals surface area contributed by atoms with Gasteiger partial charge < -0.3 is 43.3 Å². The zero-order valence-electron chi connectivity index (χ0n) is 41.5. The molecule has 0 bridgehead atoms. The van der Waals surface area contributed by atoms with Crippen molar-refractivity contribution in [3.05, 3.63) is 97.6 Å². The molecule has 2 aliphatic rings. The summed E-state index contributed by atoms with van der Waals surface area (Å²) in [6.07, 6.45) is 18.9. The summed E-state index contributed by atoms with van der Waals surface area (Å²) in [4.78, 5) is 74.5. The van der Waals surface area contributed by atoms with E-state index in [4.69, 9.17) is 43.3 Å². The van der Waals surface area contributed by atoms with Gasteiger partial charge in [0.2, 0.25) is 0 Å². The van der Waals surface area contributed by atoms with Crippen molar-refractivity contribution < 1.29 is 66.7 Å². The first-order valence-corrected chi connectivity index (χ1v) is 25.6. The highest BCUT2D eigenvalue weighted by atomic mass is 16.6. The topological polar surface area (TPSA) is 200 Å². The van der Waals surface area contributed by atoms with Crippen molar-refractivity contribution in [3.8, 4) is 34.5 Å². The molecule has 5 rings (SSSR count). The van der Waals surface area contributed by atoms with Crippen molar-refractivity contribution in [2.24, 2.45) is 23.7 Å². The third-order valence-electron chi connectivity index (χ3n) is 12.9. The number of hydrogen-bond donors (Lipinski definition) is 1. The summed E-state index contributed by atoms with van der Waals surface area (Å²) in [6.45, 7) is 8.77. The van der Waals surface area contributed by atoms with Crippen molar-refractivity contribution in [2.75, 3.05) is 26.4 Å². The van der Waals surface area contributed by atoms with E-state index in [0.29, 0.717) is 101 Å². The normalized spacial score (nSPS) is 17.3. The average Bonchev–Trinajstić information content (AvgIpc) is 3.40. The molecule has 2 fully saturated rings. The van der Waals surface area contributed by atoms with E-state index in [9.17, 15) is 28.8 Å². The fourth-order valence-corrected chi connectivity index (χ4v) is 8.59. The van der Waals surface area contributed by atoms with Gasteiger partial charge >= 0.3 is 35.8 Å². The van der Waals surface area contributed by atoms with E-state index in [-0.39, 0.29) is 52.8 Å². The summed E-state index contributed by atoms with van der Waals surface area (Å²) in [5.74, 6) is -1.28. The molecular formula is C57H71NO14. The Morgan fingerprint density at radius 3 is 1.08 bits per heavy atom.